The van der Waals surface area contributed by atoms with Crippen molar-refractivity contribution >= 4 is 36.5 Å². The first-order valence-corrected chi connectivity index (χ1v) is 10.8. The fraction of sp³-hybridized carbons (Fsp3) is 0.476. The standard InChI is InChI=1S/C21H29ClO5P2/c1-14-11-20(27-29)19(18(14)7-4-8-21(23)24-2)10-9-17(26-28)13-25-16-6-3-5-15(22)12-16/h3-6,8-10,12,14,17-20H,7,11,13,28-29H2,1-2H3/b8-4+,10-9+. The average molecular weight is 459 g/mol. The number of allylic oxidation sites excluding steroid dienone is 1. The van der Waals surface area contributed by atoms with Crippen LogP contribution in [0.3, 0.4) is 0 Å². The quantitative estimate of drug-likeness (QED) is 0.213. The Kier molecular flexibility index (Phi) is 10.6. The number of carbonyl (C=O) groups is 1. The molecule has 1 saturated carbocycles. The molecule has 2 rings (SSSR count). The molecule has 1 aromatic rings. The van der Waals surface area contributed by atoms with E-state index in [1.54, 1.807) is 12.1 Å². The topological polar surface area (TPSA) is 54.0 Å². The highest BCUT2D eigenvalue weighted by Crippen LogP contribution is 2.42. The highest BCUT2D eigenvalue weighted by atomic mass is 35.5. The van der Waals surface area contributed by atoms with E-state index in [0.29, 0.717) is 29.2 Å². The summed E-state index contributed by atoms with van der Waals surface area (Å²) >= 11 is 5.99. The maximum Gasteiger partial charge on any atom is 0.330 e. The summed E-state index contributed by atoms with van der Waals surface area (Å²) in [5.74, 6) is 1.39. The van der Waals surface area contributed by atoms with Gasteiger partial charge in [-0.15, -0.1) is 0 Å². The van der Waals surface area contributed by atoms with Gasteiger partial charge in [0.1, 0.15) is 18.5 Å². The zero-order valence-electron chi connectivity index (χ0n) is 16.7. The molecule has 1 aliphatic carbocycles. The van der Waals surface area contributed by atoms with Crippen LogP contribution in [0.15, 0.2) is 48.6 Å². The van der Waals surface area contributed by atoms with Gasteiger partial charge >= 0.3 is 5.97 Å². The monoisotopic (exact) mass is 458 g/mol. The van der Waals surface area contributed by atoms with Gasteiger partial charge < -0.3 is 18.5 Å². The van der Waals surface area contributed by atoms with E-state index < -0.39 is 0 Å². The van der Waals surface area contributed by atoms with E-state index in [0.717, 1.165) is 12.8 Å². The van der Waals surface area contributed by atoms with E-state index >= 15 is 0 Å². The molecule has 1 aliphatic rings. The number of hydrogen-bond donors (Lipinski definition) is 0. The van der Waals surface area contributed by atoms with Crippen molar-refractivity contribution in [1.82, 2.24) is 0 Å². The minimum Gasteiger partial charge on any atom is -0.490 e. The number of esters is 1. The van der Waals surface area contributed by atoms with E-state index in [4.69, 9.17) is 25.4 Å². The van der Waals surface area contributed by atoms with E-state index in [9.17, 15) is 4.79 Å². The third kappa shape index (κ3) is 7.66. The lowest BCUT2D eigenvalue weighted by atomic mass is 9.86. The van der Waals surface area contributed by atoms with Crippen LogP contribution in [0.4, 0.5) is 0 Å². The molecule has 1 aromatic carbocycles. The molecular formula is C21H29ClO5P2. The Morgan fingerprint density at radius 2 is 2.17 bits per heavy atom. The summed E-state index contributed by atoms with van der Waals surface area (Å²) in [5.41, 5.74) is 0. The van der Waals surface area contributed by atoms with Gasteiger partial charge in [0.05, 0.1) is 13.2 Å². The van der Waals surface area contributed by atoms with Gasteiger partial charge in [0, 0.05) is 36.0 Å². The number of methoxy groups -OCH3 is 1. The summed E-state index contributed by atoms with van der Waals surface area (Å²) in [4.78, 5) is 11.3. The highest BCUT2D eigenvalue weighted by molar-refractivity contribution is 7.10. The van der Waals surface area contributed by atoms with E-state index in [-0.39, 0.29) is 24.1 Å². The van der Waals surface area contributed by atoms with Crippen LogP contribution in [0.5, 0.6) is 5.75 Å². The number of hydrogen-bond acceptors (Lipinski definition) is 5. The van der Waals surface area contributed by atoms with E-state index in [1.165, 1.54) is 13.2 Å². The smallest absolute Gasteiger partial charge is 0.330 e. The lowest BCUT2D eigenvalue weighted by Gasteiger charge is -2.22. The molecule has 29 heavy (non-hydrogen) atoms. The van der Waals surface area contributed by atoms with Gasteiger partial charge in [-0.25, -0.2) is 4.79 Å². The second kappa shape index (κ2) is 12.7. The summed E-state index contributed by atoms with van der Waals surface area (Å²) in [5, 5.41) is 0.629. The lowest BCUT2D eigenvalue weighted by Crippen LogP contribution is -2.21. The first-order valence-electron chi connectivity index (χ1n) is 9.50. The SMILES string of the molecule is COC(=O)/C=C/CC1C(C)CC(OP)C1/C=C/C(COc1cccc(Cl)c1)OP. The average Bonchev–Trinajstić information content (AvgIpc) is 3.02. The minimum atomic E-state index is -0.337. The van der Waals surface area contributed by atoms with Crippen molar-refractivity contribution in [3.63, 3.8) is 0 Å². The number of benzene rings is 1. The van der Waals surface area contributed by atoms with Crippen molar-refractivity contribution in [2.45, 2.75) is 32.0 Å². The summed E-state index contributed by atoms with van der Waals surface area (Å²) in [6.07, 6.45) is 9.12. The molecule has 1 fully saturated rings. The van der Waals surface area contributed by atoms with Gasteiger partial charge in [0.25, 0.3) is 0 Å². The molecule has 5 nitrogen and oxygen atoms in total. The second-order valence-corrected chi connectivity index (χ2v) is 8.10. The zero-order chi connectivity index (χ0) is 21.2. The number of ether oxygens (including phenoxy) is 2. The molecule has 0 aromatic heterocycles. The van der Waals surface area contributed by atoms with Gasteiger partial charge in [0.2, 0.25) is 0 Å². The Hall–Kier alpha value is -0.960. The summed E-state index contributed by atoms with van der Waals surface area (Å²) < 4.78 is 21.6. The Labute approximate surface area is 182 Å². The molecule has 0 bridgehead atoms. The highest BCUT2D eigenvalue weighted by Gasteiger charge is 2.39. The van der Waals surface area contributed by atoms with E-state index in [2.05, 4.69) is 36.7 Å². The normalized spacial score (nSPS) is 25.6. The molecule has 0 N–H and O–H groups in total. The summed E-state index contributed by atoms with van der Waals surface area (Å²) in [7, 11) is 6.05. The number of rotatable bonds is 10. The van der Waals surface area contributed by atoms with Crippen LogP contribution in [0.1, 0.15) is 19.8 Å². The molecule has 7 unspecified atom stereocenters. The first kappa shape index (κ1) is 24.3. The molecule has 8 heteroatoms. The van der Waals surface area contributed by atoms with E-state index in [1.807, 2.05) is 24.3 Å². The van der Waals surface area contributed by atoms with Crippen LogP contribution in [-0.4, -0.2) is 31.9 Å². The Bertz CT molecular complexity index is 712. The predicted octanol–water partition coefficient (Wildman–Crippen LogP) is 5.02. The Morgan fingerprint density at radius 1 is 1.38 bits per heavy atom. The van der Waals surface area contributed by atoms with Crippen molar-refractivity contribution < 1.29 is 23.3 Å². The molecule has 160 valence electrons. The molecule has 7 atom stereocenters. The number of carbonyl (C=O) groups excluding carboxylic acids is 1. The van der Waals surface area contributed by atoms with Crippen molar-refractivity contribution in [3.8, 4) is 5.75 Å². The van der Waals surface area contributed by atoms with Gasteiger partial charge in [-0.3, -0.25) is 0 Å². The van der Waals surface area contributed by atoms with Gasteiger partial charge in [-0.05, 0) is 42.9 Å². The molecule has 0 saturated heterocycles. The molecule has 0 aliphatic heterocycles. The minimum absolute atomic E-state index is 0.0989. The van der Waals surface area contributed by atoms with Crippen LogP contribution < -0.4 is 4.74 Å². The van der Waals surface area contributed by atoms with Crippen LogP contribution in [0.2, 0.25) is 5.02 Å². The fourth-order valence-electron chi connectivity index (χ4n) is 3.67. The molecular weight excluding hydrogens is 430 g/mol. The van der Waals surface area contributed by atoms with Gasteiger partial charge in [-0.1, -0.05) is 42.8 Å². The van der Waals surface area contributed by atoms with Gasteiger partial charge in [0.15, 0.2) is 0 Å². The van der Waals surface area contributed by atoms with Crippen LogP contribution in [0, 0.1) is 17.8 Å². The third-order valence-electron chi connectivity index (χ3n) is 5.23. The largest absolute Gasteiger partial charge is 0.490 e. The third-order valence-corrected chi connectivity index (χ3v) is 6.16. The summed E-state index contributed by atoms with van der Waals surface area (Å²) in [6.45, 7) is 2.58. The van der Waals surface area contributed by atoms with Crippen molar-refractivity contribution in [2.75, 3.05) is 13.7 Å². The molecule has 0 radical (unpaired) electrons. The maximum atomic E-state index is 11.3. The van der Waals surface area contributed by atoms with Crippen LogP contribution >= 0.6 is 30.5 Å². The predicted molar refractivity (Wildman–Crippen MR) is 122 cm³/mol. The van der Waals surface area contributed by atoms with Crippen molar-refractivity contribution in [2.24, 2.45) is 17.8 Å². The molecule has 0 amide bonds. The van der Waals surface area contributed by atoms with Gasteiger partial charge in [-0.2, -0.15) is 0 Å². The van der Waals surface area contributed by atoms with Crippen molar-refractivity contribution in [3.05, 3.63) is 53.6 Å². The molecule has 0 spiro atoms. The summed E-state index contributed by atoms with van der Waals surface area (Å²) in [6, 6.07) is 7.27. The first-order chi connectivity index (χ1) is 14.0. The maximum absolute atomic E-state index is 11.3. The zero-order valence-corrected chi connectivity index (χ0v) is 19.8. The van der Waals surface area contributed by atoms with Crippen molar-refractivity contribution in [1.29, 1.82) is 0 Å². The molecule has 0 heterocycles. The second-order valence-electron chi connectivity index (χ2n) is 7.12. The van der Waals surface area contributed by atoms with Crippen LogP contribution in [0.25, 0.3) is 0 Å². The van der Waals surface area contributed by atoms with Crippen LogP contribution in [-0.2, 0) is 18.6 Å². The Balaban J connectivity index is 2.01. The lowest BCUT2D eigenvalue weighted by molar-refractivity contribution is -0.134. The number of halogens is 1. The Morgan fingerprint density at radius 3 is 2.83 bits per heavy atom. The fourth-order valence-corrected chi connectivity index (χ4v) is 4.31.